The molecule has 0 fully saturated rings. The van der Waals surface area contributed by atoms with Crippen molar-refractivity contribution in [1.29, 1.82) is 0 Å². The van der Waals surface area contributed by atoms with Crippen molar-refractivity contribution < 1.29 is 9.90 Å². The first-order valence-corrected chi connectivity index (χ1v) is 6.43. The molecule has 6 heteroatoms. The highest BCUT2D eigenvalue weighted by molar-refractivity contribution is 5.95. The Balaban J connectivity index is 1.94. The second-order valence-electron chi connectivity index (χ2n) is 4.63. The van der Waals surface area contributed by atoms with Crippen molar-refractivity contribution in [2.75, 3.05) is 17.6 Å². The molecule has 2 rings (SSSR count). The maximum atomic E-state index is 11.1. The number of carboxylic acids is 1. The molecule has 0 spiro atoms. The first-order valence-electron chi connectivity index (χ1n) is 6.43. The number of hydrogen-bond donors (Lipinski definition) is 4. The third-order valence-corrected chi connectivity index (χ3v) is 3.09. The first-order chi connectivity index (χ1) is 9.58. The lowest BCUT2D eigenvalue weighted by Crippen LogP contribution is -2.08. The number of nitrogens with two attached hydrogens (primary N) is 1. The van der Waals surface area contributed by atoms with Gasteiger partial charge in [-0.3, -0.25) is 0 Å². The Hall–Kier alpha value is -2.50. The number of aromatic nitrogens is 2. The van der Waals surface area contributed by atoms with Crippen LogP contribution in [0.25, 0.3) is 0 Å². The molecule has 20 heavy (non-hydrogen) atoms. The minimum absolute atomic E-state index is 0.138. The molecular weight excluding hydrogens is 256 g/mol. The van der Waals surface area contributed by atoms with Crippen LogP contribution < -0.4 is 11.1 Å². The zero-order valence-electron chi connectivity index (χ0n) is 11.3. The maximum Gasteiger partial charge on any atom is 0.337 e. The molecule has 0 saturated heterocycles. The zero-order valence-corrected chi connectivity index (χ0v) is 11.3. The number of aromatic amines is 1. The monoisotopic (exact) mass is 274 g/mol. The van der Waals surface area contributed by atoms with Crippen molar-refractivity contribution in [3.8, 4) is 0 Å². The van der Waals surface area contributed by atoms with E-state index in [4.69, 9.17) is 10.8 Å². The summed E-state index contributed by atoms with van der Waals surface area (Å²) in [6.45, 7) is 2.54. The lowest BCUT2D eigenvalue weighted by atomic mass is 10.1. The average molecular weight is 274 g/mol. The van der Waals surface area contributed by atoms with Gasteiger partial charge in [-0.05, 0) is 31.0 Å². The highest BCUT2D eigenvalue weighted by Crippen LogP contribution is 2.22. The molecule has 0 atom stereocenters. The number of H-pyrrole nitrogens is 1. The van der Waals surface area contributed by atoms with Crippen LogP contribution in [0.2, 0.25) is 0 Å². The molecule has 0 bridgehead atoms. The van der Waals surface area contributed by atoms with Gasteiger partial charge in [0.25, 0.3) is 0 Å². The summed E-state index contributed by atoms with van der Waals surface area (Å²) < 4.78 is 0. The van der Waals surface area contributed by atoms with Crippen molar-refractivity contribution >= 4 is 17.3 Å². The van der Waals surface area contributed by atoms with E-state index in [0.717, 1.165) is 36.5 Å². The topological polar surface area (TPSA) is 104 Å². The lowest BCUT2D eigenvalue weighted by molar-refractivity contribution is 0.0698. The molecule has 0 radical (unpaired) electrons. The van der Waals surface area contributed by atoms with Crippen molar-refractivity contribution in [3.05, 3.63) is 41.5 Å². The van der Waals surface area contributed by atoms with Gasteiger partial charge in [-0.2, -0.15) is 0 Å². The highest BCUT2D eigenvalue weighted by Gasteiger charge is 2.11. The van der Waals surface area contributed by atoms with Crippen LogP contribution in [0.1, 0.15) is 28.2 Å². The number of carbonyl (C=O) groups is 1. The molecule has 0 amide bonds. The van der Waals surface area contributed by atoms with Gasteiger partial charge in [-0.15, -0.1) is 0 Å². The fraction of sp³-hybridized carbons (Fsp3) is 0.286. The Bertz CT molecular complexity index is 593. The Morgan fingerprint density at radius 3 is 2.95 bits per heavy atom. The Morgan fingerprint density at radius 2 is 2.30 bits per heavy atom. The number of nitrogen functional groups attached to an aromatic ring is 1. The molecule has 5 N–H and O–H groups in total. The van der Waals surface area contributed by atoms with Gasteiger partial charge in [-0.1, -0.05) is 0 Å². The zero-order chi connectivity index (χ0) is 14.5. The summed E-state index contributed by atoms with van der Waals surface area (Å²) >= 11 is 0. The molecule has 2 aromatic rings. The Labute approximate surface area is 117 Å². The summed E-state index contributed by atoms with van der Waals surface area (Å²) in [4.78, 5) is 18.3. The van der Waals surface area contributed by atoms with Crippen molar-refractivity contribution in [2.24, 2.45) is 0 Å². The number of rotatable bonds is 6. The number of benzene rings is 1. The summed E-state index contributed by atoms with van der Waals surface area (Å²) in [5.41, 5.74) is 7.74. The largest absolute Gasteiger partial charge is 0.478 e. The summed E-state index contributed by atoms with van der Waals surface area (Å²) in [6.07, 6.45) is 5.27. The van der Waals surface area contributed by atoms with E-state index in [1.54, 1.807) is 25.4 Å². The highest BCUT2D eigenvalue weighted by atomic mass is 16.4. The number of aromatic carboxylic acids is 1. The number of anilines is 2. The van der Waals surface area contributed by atoms with E-state index in [1.165, 1.54) is 0 Å². The molecular formula is C14H18N4O2. The molecule has 0 aliphatic carbocycles. The van der Waals surface area contributed by atoms with Gasteiger partial charge < -0.3 is 21.1 Å². The molecule has 0 aliphatic heterocycles. The van der Waals surface area contributed by atoms with Crippen LogP contribution in [0.15, 0.2) is 24.5 Å². The molecule has 1 aromatic heterocycles. The fourth-order valence-electron chi connectivity index (χ4n) is 2.00. The van der Waals surface area contributed by atoms with Crippen molar-refractivity contribution in [1.82, 2.24) is 9.97 Å². The van der Waals surface area contributed by atoms with Crippen LogP contribution >= 0.6 is 0 Å². The maximum absolute atomic E-state index is 11.1. The van der Waals surface area contributed by atoms with Gasteiger partial charge in [0.1, 0.15) is 5.82 Å². The summed E-state index contributed by atoms with van der Waals surface area (Å²) in [6, 6.07) is 3.42. The van der Waals surface area contributed by atoms with Gasteiger partial charge in [0.05, 0.1) is 5.56 Å². The van der Waals surface area contributed by atoms with E-state index in [9.17, 15) is 4.79 Å². The number of carboxylic acid groups (broad SMARTS) is 1. The van der Waals surface area contributed by atoms with Gasteiger partial charge in [0, 0.05) is 36.7 Å². The smallest absolute Gasteiger partial charge is 0.337 e. The number of imidazole rings is 1. The molecule has 1 aromatic carbocycles. The van der Waals surface area contributed by atoms with Gasteiger partial charge in [0.2, 0.25) is 0 Å². The standard InChI is InChI=1S/C14H18N4O2/c1-9-7-10(8-11(13(9)15)14(19)20)16-4-2-3-12-17-5-6-18-12/h5-8,16H,2-4,15H2,1H3,(H,17,18)(H,19,20). The van der Waals surface area contributed by atoms with Gasteiger partial charge in [-0.25, -0.2) is 9.78 Å². The van der Waals surface area contributed by atoms with Gasteiger partial charge in [0.15, 0.2) is 0 Å². The molecule has 0 saturated carbocycles. The lowest BCUT2D eigenvalue weighted by Gasteiger charge is -2.11. The SMILES string of the molecule is Cc1cc(NCCCc2ncc[nH]2)cc(C(=O)O)c1N. The predicted molar refractivity (Wildman–Crippen MR) is 77.9 cm³/mol. The second kappa shape index (κ2) is 6.10. The van der Waals surface area contributed by atoms with E-state index in [-0.39, 0.29) is 5.56 Å². The van der Waals surface area contributed by atoms with Crippen LogP contribution in [0, 0.1) is 6.92 Å². The summed E-state index contributed by atoms with van der Waals surface area (Å²) in [5.74, 6) is -0.0589. The molecule has 106 valence electrons. The summed E-state index contributed by atoms with van der Waals surface area (Å²) in [5, 5.41) is 12.3. The van der Waals surface area contributed by atoms with Gasteiger partial charge >= 0.3 is 5.97 Å². The fourth-order valence-corrected chi connectivity index (χ4v) is 2.00. The van der Waals surface area contributed by atoms with E-state index in [1.807, 2.05) is 6.07 Å². The van der Waals surface area contributed by atoms with Crippen molar-refractivity contribution in [2.45, 2.75) is 19.8 Å². The van der Waals surface area contributed by atoms with Crippen LogP contribution in [0.5, 0.6) is 0 Å². The minimum atomic E-state index is -1.01. The summed E-state index contributed by atoms with van der Waals surface area (Å²) in [7, 11) is 0. The molecule has 6 nitrogen and oxygen atoms in total. The Morgan fingerprint density at radius 1 is 1.50 bits per heavy atom. The second-order valence-corrected chi connectivity index (χ2v) is 4.63. The minimum Gasteiger partial charge on any atom is -0.478 e. The van der Waals surface area contributed by atoms with Crippen LogP contribution in [-0.4, -0.2) is 27.6 Å². The predicted octanol–water partition coefficient (Wildman–Crippen LogP) is 2.04. The van der Waals surface area contributed by atoms with E-state index in [2.05, 4.69) is 15.3 Å². The van der Waals surface area contributed by atoms with E-state index in [0.29, 0.717) is 5.69 Å². The van der Waals surface area contributed by atoms with Crippen LogP contribution in [0.3, 0.4) is 0 Å². The normalized spacial score (nSPS) is 10.4. The van der Waals surface area contributed by atoms with Crippen LogP contribution in [0.4, 0.5) is 11.4 Å². The number of aryl methyl sites for hydroxylation is 2. The molecule has 0 unspecified atom stereocenters. The van der Waals surface area contributed by atoms with Crippen molar-refractivity contribution in [3.63, 3.8) is 0 Å². The third kappa shape index (κ3) is 3.28. The average Bonchev–Trinajstić information content (AvgIpc) is 2.91. The third-order valence-electron chi connectivity index (χ3n) is 3.09. The van der Waals surface area contributed by atoms with Crippen LogP contribution in [-0.2, 0) is 6.42 Å². The Kier molecular flexibility index (Phi) is 4.24. The van der Waals surface area contributed by atoms with E-state index < -0.39 is 5.97 Å². The first kappa shape index (κ1) is 13.9. The van der Waals surface area contributed by atoms with E-state index >= 15 is 0 Å². The molecule has 1 heterocycles. The number of hydrogen-bond acceptors (Lipinski definition) is 4. The number of nitrogens with zero attached hydrogens (tertiary/aromatic N) is 1. The quantitative estimate of drug-likeness (QED) is 0.476. The molecule has 0 aliphatic rings. The number of nitrogens with one attached hydrogen (secondary N) is 2.